The standard InChI is InChI=1S/C20H14Cl2N4/c1-13-18(10-8-14-7-9-16(21)11-17(14)22)23-20-24-19(12-26(20)25-13)15-5-3-2-4-6-15/h2-12H,1H3/b10-8+. The van der Waals surface area contributed by atoms with E-state index in [0.717, 1.165) is 28.2 Å². The summed E-state index contributed by atoms with van der Waals surface area (Å²) < 4.78 is 1.70. The van der Waals surface area contributed by atoms with Gasteiger partial charge in [-0.1, -0.05) is 65.7 Å². The van der Waals surface area contributed by atoms with Gasteiger partial charge in [0.15, 0.2) is 0 Å². The number of hydrogen-bond donors (Lipinski definition) is 0. The monoisotopic (exact) mass is 380 g/mol. The minimum atomic E-state index is 0.552. The lowest BCUT2D eigenvalue weighted by atomic mass is 10.2. The van der Waals surface area contributed by atoms with Gasteiger partial charge >= 0.3 is 0 Å². The first-order chi connectivity index (χ1) is 12.6. The minimum absolute atomic E-state index is 0.552. The number of aryl methyl sites for hydroxylation is 1. The zero-order chi connectivity index (χ0) is 18.1. The summed E-state index contributed by atoms with van der Waals surface area (Å²) in [6.07, 6.45) is 5.66. The smallest absolute Gasteiger partial charge is 0.210 e. The number of fused-ring (bicyclic) bond motifs is 1. The molecule has 0 N–H and O–H groups in total. The van der Waals surface area contributed by atoms with E-state index >= 15 is 0 Å². The summed E-state index contributed by atoms with van der Waals surface area (Å²) in [5.41, 5.74) is 4.28. The van der Waals surface area contributed by atoms with Crippen molar-refractivity contribution in [1.82, 2.24) is 19.6 Å². The van der Waals surface area contributed by atoms with Crippen molar-refractivity contribution < 1.29 is 0 Å². The van der Waals surface area contributed by atoms with E-state index in [1.165, 1.54) is 0 Å². The fourth-order valence-corrected chi connectivity index (χ4v) is 3.10. The summed E-state index contributed by atoms with van der Waals surface area (Å²) in [7, 11) is 0. The van der Waals surface area contributed by atoms with Gasteiger partial charge in [-0.05, 0) is 30.7 Å². The Morgan fingerprint density at radius 1 is 0.962 bits per heavy atom. The second kappa shape index (κ2) is 6.90. The van der Waals surface area contributed by atoms with Crippen LogP contribution in [0.2, 0.25) is 10.0 Å². The second-order valence-electron chi connectivity index (χ2n) is 5.82. The summed E-state index contributed by atoms with van der Waals surface area (Å²) in [4.78, 5) is 9.20. The quantitative estimate of drug-likeness (QED) is 0.466. The highest BCUT2D eigenvalue weighted by Crippen LogP contribution is 2.23. The predicted molar refractivity (Wildman–Crippen MR) is 106 cm³/mol. The normalized spacial score (nSPS) is 11.5. The fourth-order valence-electron chi connectivity index (χ4n) is 2.62. The molecular formula is C20H14Cl2N4. The van der Waals surface area contributed by atoms with Crippen LogP contribution >= 0.6 is 23.2 Å². The Morgan fingerprint density at radius 3 is 2.54 bits per heavy atom. The number of imidazole rings is 1. The van der Waals surface area contributed by atoms with E-state index in [2.05, 4.69) is 15.1 Å². The van der Waals surface area contributed by atoms with Crippen LogP contribution in [0.1, 0.15) is 17.0 Å². The Hall–Kier alpha value is -2.69. The van der Waals surface area contributed by atoms with Crippen molar-refractivity contribution in [2.75, 3.05) is 0 Å². The third-order valence-electron chi connectivity index (χ3n) is 3.97. The maximum Gasteiger partial charge on any atom is 0.251 e. The first kappa shape index (κ1) is 16.8. The first-order valence-corrected chi connectivity index (χ1v) is 8.78. The highest BCUT2D eigenvalue weighted by molar-refractivity contribution is 6.35. The van der Waals surface area contributed by atoms with Crippen LogP contribution in [0.25, 0.3) is 29.2 Å². The highest BCUT2D eigenvalue weighted by atomic mass is 35.5. The summed E-state index contributed by atoms with van der Waals surface area (Å²) in [6.45, 7) is 1.91. The fraction of sp³-hybridized carbons (Fsp3) is 0.0500. The van der Waals surface area contributed by atoms with Crippen molar-refractivity contribution in [3.63, 3.8) is 0 Å². The molecule has 128 valence electrons. The van der Waals surface area contributed by atoms with Crippen LogP contribution in [0.4, 0.5) is 0 Å². The van der Waals surface area contributed by atoms with Gasteiger partial charge in [0.2, 0.25) is 0 Å². The third-order valence-corrected chi connectivity index (χ3v) is 4.53. The molecule has 26 heavy (non-hydrogen) atoms. The molecule has 4 aromatic rings. The predicted octanol–water partition coefficient (Wildman–Crippen LogP) is 5.58. The zero-order valence-corrected chi connectivity index (χ0v) is 15.4. The highest BCUT2D eigenvalue weighted by Gasteiger charge is 2.09. The van der Waals surface area contributed by atoms with Crippen LogP contribution in [-0.4, -0.2) is 19.6 Å². The Kier molecular flexibility index (Phi) is 4.45. The molecule has 0 radical (unpaired) electrons. The van der Waals surface area contributed by atoms with Crippen LogP contribution in [0.3, 0.4) is 0 Å². The van der Waals surface area contributed by atoms with E-state index in [1.54, 1.807) is 16.6 Å². The minimum Gasteiger partial charge on any atom is -0.210 e. The van der Waals surface area contributed by atoms with E-state index in [9.17, 15) is 0 Å². The molecule has 0 unspecified atom stereocenters. The van der Waals surface area contributed by atoms with Crippen LogP contribution in [-0.2, 0) is 0 Å². The van der Waals surface area contributed by atoms with E-state index < -0.39 is 0 Å². The molecule has 0 aliphatic heterocycles. The lowest BCUT2D eigenvalue weighted by Gasteiger charge is -2.01. The first-order valence-electron chi connectivity index (χ1n) is 8.03. The van der Waals surface area contributed by atoms with Crippen molar-refractivity contribution >= 4 is 41.1 Å². The molecular weight excluding hydrogens is 367 g/mol. The third kappa shape index (κ3) is 3.34. The van der Waals surface area contributed by atoms with Gasteiger partial charge in [0.25, 0.3) is 5.78 Å². The molecule has 0 fully saturated rings. The van der Waals surface area contributed by atoms with Crippen molar-refractivity contribution in [1.29, 1.82) is 0 Å². The second-order valence-corrected chi connectivity index (χ2v) is 6.66. The SMILES string of the molecule is Cc1nn2cc(-c3ccccc3)nc2nc1/C=C/c1ccc(Cl)cc1Cl. The van der Waals surface area contributed by atoms with Crippen LogP contribution in [0, 0.1) is 6.92 Å². The molecule has 2 aromatic carbocycles. The van der Waals surface area contributed by atoms with E-state index in [4.69, 9.17) is 23.2 Å². The van der Waals surface area contributed by atoms with E-state index in [-0.39, 0.29) is 0 Å². The Bertz CT molecular complexity index is 1120. The number of rotatable bonds is 3. The molecule has 0 saturated carbocycles. The van der Waals surface area contributed by atoms with Gasteiger partial charge in [0.05, 0.1) is 23.3 Å². The van der Waals surface area contributed by atoms with Gasteiger partial charge in [-0.25, -0.2) is 14.5 Å². The van der Waals surface area contributed by atoms with Gasteiger partial charge < -0.3 is 0 Å². The van der Waals surface area contributed by atoms with Gasteiger partial charge in [-0.3, -0.25) is 0 Å². The molecule has 6 heteroatoms. The van der Waals surface area contributed by atoms with E-state index in [0.29, 0.717) is 15.8 Å². The zero-order valence-electron chi connectivity index (χ0n) is 13.9. The van der Waals surface area contributed by atoms with Crippen molar-refractivity contribution in [3.8, 4) is 11.3 Å². The molecule has 4 nitrogen and oxygen atoms in total. The maximum atomic E-state index is 6.21. The molecule has 2 aromatic heterocycles. The Morgan fingerprint density at radius 2 is 1.77 bits per heavy atom. The molecule has 0 bridgehead atoms. The lowest BCUT2D eigenvalue weighted by Crippen LogP contribution is -2.00. The molecule has 2 heterocycles. The topological polar surface area (TPSA) is 43.1 Å². The van der Waals surface area contributed by atoms with Crippen molar-refractivity contribution in [3.05, 3.63) is 81.7 Å². The number of hydrogen-bond acceptors (Lipinski definition) is 3. The average Bonchev–Trinajstić information content (AvgIpc) is 3.04. The number of halogens is 2. The summed E-state index contributed by atoms with van der Waals surface area (Å²) in [5, 5.41) is 5.75. The summed E-state index contributed by atoms with van der Waals surface area (Å²) in [5.74, 6) is 0.552. The van der Waals surface area contributed by atoms with Crippen LogP contribution < -0.4 is 0 Å². The van der Waals surface area contributed by atoms with Crippen LogP contribution in [0.5, 0.6) is 0 Å². The molecule has 0 spiro atoms. The summed E-state index contributed by atoms with van der Waals surface area (Å²) in [6, 6.07) is 15.3. The van der Waals surface area contributed by atoms with Crippen LogP contribution in [0.15, 0.2) is 54.7 Å². The number of benzene rings is 2. The van der Waals surface area contributed by atoms with Gasteiger partial charge in [0, 0.05) is 15.6 Å². The summed E-state index contributed by atoms with van der Waals surface area (Å²) >= 11 is 12.1. The van der Waals surface area contributed by atoms with Gasteiger partial charge in [-0.15, -0.1) is 0 Å². The van der Waals surface area contributed by atoms with E-state index in [1.807, 2.05) is 61.7 Å². The molecule has 4 rings (SSSR count). The molecule has 0 atom stereocenters. The average molecular weight is 381 g/mol. The Labute approximate surface area is 160 Å². The number of nitrogens with zero attached hydrogens (tertiary/aromatic N) is 4. The molecule has 0 amide bonds. The Balaban J connectivity index is 1.72. The molecule has 0 saturated heterocycles. The molecule has 0 aliphatic carbocycles. The van der Waals surface area contributed by atoms with Crippen molar-refractivity contribution in [2.45, 2.75) is 6.92 Å². The van der Waals surface area contributed by atoms with Crippen molar-refractivity contribution in [2.24, 2.45) is 0 Å². The largest absolute Gasteiger partial charge is 0.251 e. The lowest BCUT2D eigenvalue weighted by molar-refractivity contribution is 0.863. The number of aromatic nitrogens is 4. The molecule has 0 aliphatic rings. The maximum absolute atomic E-state index is 6.21. The van der Waals surface area contributed by atoms with Gasteiger partial charge in [0.1, 0.15) is 0 Å². The van der Waals surface area contributed by atoms with Gasteiger partial charge in [-0.2, -0.15) is 5.10 Å².